The molecule has 1 N–H and O–H groups in total. The molecule has 0 saturated heterocycles. The number of aryl methyl sites for hydroxylation is 1. The average molecular weight is 524 g/mol. The molecule has 37 heavy (non-hydrogen) atoms. The van der Waals surface area contributed by atoms with E-state index in [1.54, 1.807) is 55.6 Å². The van der Waals surface area contributed by atoms with Crippen molar-refractivity contribution in [3.63, 3.8) is 0 Å². The van der Waals surface area contributed by atoms with Crippen LogP contribution >= 0.6 is 0 Å². The molecule has 1 unspecified atom stereocenters. The molecule has 0 aromatic heterocycles. The maximum Gasteiger partial charge on any atom is 0.264 e. The molecule has 196 valence electrons. The van der Waals surface area contributed by atoms with Crippen LogP contribution in [0.25, 0.3) is 0 Å². The van der Waals surface area contributed by atoms with Gasteiger partial charge in [-0.25, -0.2) is 8.42 Å². The number of hydrogen-bond donors (Lipinski definition) is 1. The van der Waals surface area contributed by atoms with Gasteiger partial charge in [0.1, 0.15) is 18.3 Å². The molecule has 0 heterocycles. The van der Waals surface area contributed by atoms with Gasteiger partial charge in [0.2, 0.25) is 11.8 Å². The van der Waals surface area contributed by atoms with Gasteiger partial charge in [0, 0.05) is 13.6 Å². The van der Waals surface area contributed by atoms with Crippen LogP contribution in [-0.2, 0) is 26.2 Å². The van der Waals surface area contributed by atoms with Crippen LogP contribution in [-0.4, -0.2) is 51.9 Å². The van der Waals surface area contributed by atoms with Crippen LogP contribution in [0.4, 0.5) is 5.69 Å². The quantitative estimate of drug-likeness (QED) is 0.413. The number of benzene rings is 3. The number of hydrogen-bond acceptors (Lipinski definition) is 5. The Bertz CT molecular complexity index is 1310. The number of methoxy groups -OCH3 is 1. The molecular formula is C28H33N3O5S. The minimum absolute atomic E-state index is 0.0735. The lowest BCUT2D eigenvalue weighted by Gasteiger charge is -2.33. The van der Waals surface area contributed by atoms with Gasteiger partial charge in [-0.05, 0) is 60.9 Å². The molecule has 1 atom stereocenters. The number of amides is 2. The minimum Gasteiger partial charge on any atom is -0.497 e. The average Bonchev–Trinajstić information content (AvgIpc) is 2.92. The van der Waals surface area contributed by atoms with Crippen LogP contribution in [0.5, 0.6) is 5.75 Å². The summed E-state index contributed by atoms with van der Waals surface area (Å²) < 4.78 is 33.8. The Kier molecular flexibility index (Phi) is 9.30. The van der Waals surface area contributed by atoms with Crippen LogP contribution in [0.3, 0.4) is 0 Å². The monoisotopic (exact) mass is 523 g/mol. The van der Waals surface area contributed by atoms with Crippen molar-refractivity contribution in [3.05, 3.63) is 90.0 Å². The highest BCUT2D eigenvalue weighted by Gasteiger charge is 2.33. The minimum atomic E-state index is -4.07. The number of likely N-dealkylation sites (N-methyl/N-ethyl adjacent to an activating group) is 1. The van der Waals surface area contributed by atoms with Gasteiger partial charge in [0.25, 0.3) is 10.0 Å². The predicted octanol–water partition coefficient (Wildman–Crippen LogP) is 3.75. The third kappa shape index (κ3) is 6.68. The van der Waals surface area contributed by atoms with E-state index in [9.17, 15) is 18.0 Å². The van der Waals surface area contributed by atoms with E-state index in [0.29, 0.717) is 17.9 Å². The normalized spacial score (nSPS) is 11.9. The summed E-state index contributed by atoms with van der Waals surface area (Å²) >= 11 is 0. The van der Waals surface area contributed by atoms with Crippen molar-refractivity contribution in [2.24, 2.45) is 0 Å². The fraction of sp³-hybridized carbons (Fsp3) is 0.286. The number of anilines is 1. The Labute approximate surface area is 218 Å². The zero-order valence-electron chi connectivity index (χ0n) is 21.5. The summed E-state index contributed by atoms with van der Waals surface area (Å²) in [4.78, 5) is 28.1. The van der Waals surface area contributed by atoms with Crippen LogP contribution in [0.2, 0.25) is 0 Å². The number of carbonyl (C=O) groups excluding carboxylic acids is 2. The fourth-order valence-corrected chi connectivity index (χ4v) is 5.47. The van der Waals surface area contributed by atoms with Crippen LogP contribution in [0.15, 0.2) is 83.8 Å². The van der Waals surface area contributed by atoms with Gasteiger partial charge in [0.05, 0.1) is 17.7 Å². The first-order valence-corrected chi connectivity index (χ1v) is 13.4. The number of rotatable bonds is 11. The van der Waals surface area contributed by atoms with Crippen LogP contribution in [0.1, 0.15) is 24.5 Å². The molecule has 0 aliphatic heterocycles. The van der Waals surface area contributed by atoms with Crippen LogP contribution < -0.4 is 14.4 Å². The summed E-state index contributed by atoms with van der Waals surface area (Å²) in [5.41, 5.74) is 2.00. The molecular weight excluding hydrogens is 490 g/mol. The molecule has 0 spiro atoms. The third-order valence-electron chi connectivity index (χ3n) is 6.04. The number of sulfonamides is 1. The SMILES string of the molecule is CCC(C(=O)NC)N(Cc1ccc(OC)cc1)C(=O)CN(c1cccc(C)c1)S(=O)(=O)c1ccccc1. The van der Waals surface area contributed by atoms with E-state index >= 15 is 0 Å². The molecule has 0 radical (unpaired) electrons. The lowest BCUT2D eigenvalue weighted by atomic mass is 10.1. The van der Waals surface area contributed by atoms with E-state index in [2.05, 4.69) is 5.32 Å². The smallest absolute Gasteiger partial charge is 0.264 e. The van der Waals surface area contributed by atoms with Crippen molar-refractivity contribution in [2.75, 3.05) is 25.0 Å². The largest absolute Gasteiger partial charge is 0.497 e. The number of nitrogens with one attached hydrogen (secondary N) is 1. The Morgan fingerprint density at radius 1 is 0.973 bits per heavy atom. The second kappa shape index (κ2) is 12.4. The molecule has 2 amide bonds. The van der Waals surface area contributed by atoms with Gasteiger partial charge in [-0.15, -0.1) is 0 Å². The molecule has 0 bridgehead atoms. The molecule has 0 aliphatic rings. The lowest BCUT2D eigenvalue weighted by Crippen LogP contribution is -2.51. The first-order chi connectivity index (χ1) is 17.7. The van der Waals surface area contributed by atoms with Crippen molar-refractivity contribution < 1.29 is 22.7 Å². The van der Waals surface area contributed by atoms with E-state index in [-0.39, 0.29) is 17.3 Å². The van der Waals surface area contributed by atoms with Crippen molar-refractivity contribution in [1.29, 1.82) is 0 Å². The summed E-state index contributed by atoms with van der Waals surface area (Å²) in [6.07, 6.45) is 0.359. The van der Waals surface area contributed by atoms with E-state index in [1.807, 2.05) is 32.0 Å². The van der Waals surface area contributed by atoms with E-state index in [1.165, 1.54) is 24.1 Å². The molecule has 0 saturated carbocycles. The second-order valence-corrected chi connectivity index (χ2v) is 10.4. The maximum absolute atomic E-state index is 13.9. The highest BCUT2D eigenvalue weighted by atomic mass is 32.2. The molecule has 0 fully saturated rings. The third-order valence-corrected chi connectivity index (χ3v) is 7.83. The second-order valence-electron chi connectivity index (χ2n) is 8.57. The van der Waals surface area contributed by atoms with Gasteiger partial charge in [-0.3, -0.25) is 13.9 Å². The first kappa shape index (κ1) is 27.7. The zero-order valence-corrected chi connectivity index (χ0v) is 22.4. The first-order valence-electron chi connectivity index (χ1n) is 12.0. The van der Waals surface area contributed by atoms with Crippen molar-refractivity contribution in [2.45, 2.75) is 37.8 Å². The van der Waals surface area contributed by atoms with Gasteiger partial charge in [-0.2, -0.15) is 0 Å². The Hall–Kier alpha value is -3.85. The van der Waals surface area contributed by atoms with Gasteiger partial charge >= 0.3 is 0 Å². The topological polar surface area (TPSA) is 96.0 Å². The highest BCUT2D eigenvalue weighted by molar-refractivity contribution is 7.92. The lowest BCUT2D eigenvalue weighted by molar-refractivity contribution is -0.140. The van der Waals surface area contributed by atoms with E-state index in [4.69, 9.17) is 4.74 Å². The Morgan fingerprint density at radius 2 is 1.65 bits per heavy atom. The maximum atomic E-state index is 13.9. The predicted molar refractivity (Wildman–Crippen MR) is 144 cm³/mol. The molecule has 3 aromatic rings. The van der Waals surface area contributed by atoms with Gasteiger partial charge in [0.15, 0.2) is 0 Å². The van der Waals surface area contributed by atoms with Gasteiger partial charge in [-0.1, -0.05) is 49.4 Å². The fourth-order valence-electron chi connectivity index (χ4n) is 4.05. The Balaban J connectivity index is 2.03. The summed E-state index contributed by atoms with van der Waals surface area (Å²) in [7, 11) is -0.991. The van der Waals surface area contributed by atoms with Crippen molar-refractivity contribution in [1.82, 2.24) is 10.2 Å². The van der Waals surface area contributed by atoms with Crippen LogP contribution in [0, 0.1) is 6.92 Å². The molecule has 9 heteroatoms. The summed E-state index contributed by atoms with van der Waals surface area (Å²) in [5, 5.41) is 2.62. The number of ether oxygens (including phenoxy) is 1. The molecule has 3 aromatic carbocycles. The standard InChI is InChI=1S/C28H33N3O5S/c1-5-26(28(33)29-3)30(19-22-14-16-24(36-4)17-15-22)27(32)20-31(23-11-9-10-21(2)18-23)37(34,35)25-12-7-6-8-13-25/h6-18,26H,5,19-20H2,1-4H3,(H,29,33). The van der Waals surface area contributed by atoms with Crippen molar-refractivity contribution >= 4 is 27.5 Å². The van der Waals surface area contributed by atoms with Crippen molar-refractivity contribution in [3.8, 4) is 5.75 Å². The molecule has 0 aliphatic carbocycles. The number of nitrogens with zero attached hydrogens (tertiary/aromatic N) is 2. The highest BCUT2D eigenvalue weighted by Crippen LogP contribution is 2.25. The number of carbonyl (C=O) groups is 2. The molecule has 3 rings (SSSR count). The van der Waals surface area contributed by atoms with Gasteiger partial charge < -0.3 is 15.0 Å². The molecule has 8 nitrogen and oxygen atoms in total. The van der Waals surface area contributed by atoms with E-state index < -0.39 is 28.5 Å². The summed E-state index contributed by atoms with van der Waals surface area (Å²) in [5.74, 6) is -0.149. The van der Waals surface area contributed by atoms with E-state index in [0.717, 1.165) is 15.4 Å². The zero-order chi connectivity index (χ0) is 27.0. The summed E-state index contributed by atoms with van der Waals surface area (Å²) in [6.45, 7) is 3.33. The summed E-state index contributed by atoms with van der Waals surface area (Å²) in [6, 6.07) is 21.4. The Morgan fingerprint density at radius 3 is 2.22 bits per heavy atom.